The molecule has 1 saturated carbocycles. The fourth-order valence-electron chi connectivity index (χ4n) is 0.951. The fraction of sp³-hybridized carbons (Fsp3) is 1.00. The lowest BCUT2D eigenvalue weighted by Gasteiger charge is -2.18. The quantitative estimate of drug-likeness (QED) is 0.660. The number of hydrogen-bond acceptors (Lipinski definition) is 1. The van der Waals surface area contributed by atoms with Crippen molar-refractivity contribution in [3.63, 3.8) is 0 Å². The van der Waals surface area contributed by atoms with Gasteiger partial charge in [-0.2, -0.15) is 22.0 Å². The molecule has 2 unspecified atom stereocenters. The summed E-state index contributed by atoms with van der Waals surface area (Å²) in [7, 11) is 0. The Hall–Kier alpha value is -0.390. The first-order valence-electron chi connectivity index (χ1n) is 3.44. The van der Waals surface area contributed by atoms with E-state index in [-0.39, 0.29) is 6.42 Å². The predicted molar refractivity (Wildman–Crippen MR) is 31.7 cm³/mol. The zero-order chi connectivity index (χ0) is 9.57. The first-order chi connectivity index (χ1) is 5.24. The van der Waals surface area contributed by atoms with Crippen molar-refractivity contribution in [2.24, 2.45) is 11.7 Å². The van der Waals surface area contributed by atoms with E-state index in [0.717, 1.165) is 0 Å². The van der Waals surface area contributed by atoms with Crippen LogP contribution in [0.3, 0.4) is 0 Å². The summed E-state index contributed by atoms with van der Waals surface area (Å²) in [5.74, 6) is -5.24. The van der Waals surface area contributed by atoms with Crippen molar-refractivity contribution in [2.45, 2.75) is 31.0 Å². The lowest BCUT2D eigenvalue weighted by atomic mass is 10.1. The van der Waals surface area contributed by atoms with Gasteiger partial charge in [-0.15, -0.1) is 0 Å². The minimum Gasteiger partial charge on any atom is -0.327 e. The molecule has 1 aliphatic rings. The van der Waals surface area contributed by atoms with Crippen LogP contribution < -0.4 is 5.73 Å². The van der Waals surface area contributed by atoms with Gasteiger partial charge in [0.25, 0.3) is 0 Å². The molecule has 0 aromatic heterocycles. The van der Waals surface area contributed by atoms with Crippen LogP contribution in [0, 0.1) is 5.92 Å². The van der Waals surface area contributed by atoms with E-state index < -0.39 is 30.5 Å². The third-order valence-electron chi connectivity index (χ3n) is 1.91. The molecule has 0 aromatic carbocycles. The van der Waals surface area contributed by atoms with Crippen LogP contribution in [0.1, 0.15) is 12.8 Å². The van der Waals surface area contributed by atoms with Crippen LogP contribution in [0.25, 0.3) is 0 Å². The van der Waals surface area contributed by atoms with Gasteiger partial charge in [-0.1, -0.05) is 0 Å². The first kappa shape index (κ1) is 9.70. The van der Waals surface area contributed by atoms with E-state index in [9.17, 15) is 22.0 Å². The molecule has 0 aromatic rings. The molecule has 0 bridgehead atoms. The Morgan fingerprint density at radius 3 is 1.83 bits per heavy atom. The lowest BCUT2D eigenvalue weighted by molar-refractivity contribution is -0.285. The molecule has 0 amide bonds. The maximum absolute atomic E-state index is 12.2. The largest absolute Gasteiger partial charge is 0.453 e. The van der Waals surface area contributed by atoms with Crippen LogP contribution in [0.5, 0.6) is 0 Å². The summed E-state index contributed by atoms with van der Waals surface area (Å²) in [4.78, 5) is 0. The van der Waals surface area contributed by atoms with E-state index in [4.69, 9.17) is 5.73 Å². The summed E-state index contributed by atoms with van der Waals surface area (Å²) in [6.07, 6.45) is -6.33. The maximum atomic E-state index is 12.2. The van der Waals surface area contributed by atoms with Crippen molar-refractivity contribution in [3.05, 3.63) is 0 Å². The second-order valence-corrected chi connectivity index (χ2v) is 3.07. The van der Waals surface area contributed by atoms with Gasteiger partial charge in [0.2, 0.25) is 0 Å². The normalized spacial score (nSPS) is 30.5. The Labute approximate surface area is 65.7 Å². The smallest absolute Gasteiger partial charge is 0.327 e. The first-order valence-corrected chi connectivity index (χ1v) is 3.44. The summed E-state index contributed by atoms with van der Waals surface area (Å²) in [5.41, 5.74) is 5.12. The number of nitrogens with two attached hydrogens (primary N) is 1. The highest BCUT2D eigenvalue weighted by atomic mass is 19.4. The molecule has 1 nitrogen and oxygen atoms in total. The molecule has 1 aliphatic carbocycles. The Kier molecular flexibility index (Phi) is 2.06. The Morgan fingerprint density at radius 2 is 1.58 bits per heavy atom. The van der Waals surface area contributed by atoms with Crippen LogP contribution in [0.2, 0.25) is 0 Å². The van der Waals surface area contributed by atoms with Gasteiger partial charge in [0.05, 0.1) is 0 Å². The van der Waals surface area contributed by atoms with Crippen molar-refractivity contribution < 1.29 is 22.0 Å². The fourth-order valence-corrected chi connectivity index (χ4v) is 0.951. The highest BCUT2D eigenvalue weighted by molar-refractivity contribution is 4.95. The molecule has 12 heavy (non-hydrogen) atoms. The monoisotopic (exact) mass is 189 g/mol. The molecule has 72 valence electrons. The van der Waals surface area contributed by atoms with Gasteiger partial charge in [-0.05, 0) is 12.3 Å². The third-order valence-corrected chi connectivity index (χ3v) is 1.91. The zero-order valence-corrected chi connectivity index (χ0v) is 6.04. The number of halogens is 5. The van der Waals surface area contributed by atoms with Crippen LogP contribution in [-0.2, 0) is 0 Å². The van der Waals surface area contributed by atoms with E-state index in [1.165, 1.54) is 0 Å². The summed E-state index contributed by atoms with van der Waals surface area (Å²) >= 11 is 0. The molecule has 0 saturated heterocycles. The molecule has 0 radical (unpaired) electrons. The minimum absolute atomic E-state index is 0.270. The molecular weight excluding hydrogens is 181 g/mol. The van der Waals surface area contributed by atoms with Gasteiger partial charge < -0.3 is 5.73 Å². The van der Waals surface area contributed by atoms with Crippen molar-refractivity contribution >= 4 is 0 Å². The summed E-state index contributed by atoms with van der Waals surface area (Å²) in [5, 5.41) is 0. The van der Waals surface area contributed by atoms with Gasteiger partial charge in [0, 0.05) is 12.5 Å². The van der Waals surface area contributed by atoms with Crippen LogP contribution in [-0.4, -0.2) is 18.1 Å². The number of alkyl halides is 5. The van der Waals surface area contributed by atoms with Crippen LogP contribution >= 0.6 is 0 Å². The highest BCUT2D eigenvalue weighted by Crippen LogP contribution is 2.45. The van der Waals surface area contributed by atoms with Crippen molar-refractivity contribution in [2.75, 3.05) is 0 Å². The van der Waals surface area contributed by atoms with Crippen molar-refractivity contribution in [1.82, 2.24) is 0 Å². The zero-order valence-electron chi connectivity index (χ0n) is 6.04. The van der Waals surface area contributed by atoms with Crippen molar-refractivity contribution in [3.8, 4) is 0 Å². The van der Waals surface area contributed by atoms with E-state index in [1.54, 1.807) is 0 Å². The Morgan fingerprint density at radius 1 is 1.17 bits per heavy atom. The van der Waals surface area contributed by atoms with Gasteiger partial charge in [0.1, 0.15) is 0 Å². The topological polar surface area (TPSA) is 26.0 Å². The SMILES string of the molecule is NC1CC1CC(F)(F)C(F)(F)F. The van der Waals surface area contributed by atoms with Gasteiger partial charge in [0.15, 0.2) is 0 Å². The summed E-state index contributed by atoms with van der Waals surface area (Å²) in [6, 6.07) is -0.474. The van der Waals surface area contributed by atoms with Crippen LogP contribution in [0.4, 0.5) is 22.0 Å². The molecule has 1 fully saturated rings. The minimum atomic E-state index is -5.44. The van der Waals surface area contributed by atoms with E-state index >= 15 is 0 Å². The second kappa shape index (κ2) is 2.55. The van der Waals surface area contributed by atoms with E-state index in [2.05, 4.69) is 0 Å². The maximum Gasteiger partial charge on any atom is 0.453 e. The van der Waals surface area contributed by atoms with Gasteiger partial charge in [-0.25, -0.2) is 0 Å². The number of hydrogen-bond donors (Lipinski definition) is 1. The summed E-state index contributed by atoms with van der Waals surface area (Å²) in [6.45, 7) is 0. The summed E-state index contributed by atoms with van der Waals surface area (Å²) < 4.78 is 59.1. The van der Waals surface area contributed by atoms with Gasteiger partial charge in [-0.3, -0.25) is 0 Å². The van der Waals surface area contributed by atoms with E-state index in [1.807, 2.05) is 0 Å². The highest BCUT2D eigenvalue weighted by Gasteiger charge is 2.60. The van der Waals surface area contributed by atoms with E-state index in [0.29, 0.717) is 0 Å². The molecule has 1 rings (SSSR count). The van der Waals surface area contributed by atoms with Crippen molar-refractivity contribution in [1.29, 1.82) is 0 Å². The lowest BCUT2D eigenvalue weighted by Crippen LogP contribution is -2.37. The molecular formula is C6H8F5N. The standard InChI is InChI=1S/C6H8F5N/c7-5(8,6(9,10)11)2-3-1-4(3)12/h3-4H,1-2,12H2. The molecule has 0 heterocycles. The Bertz CT molecular complexity index is 175. The van der Waals surface area contributed by atoms with Gasteiger partial charge >= 0.3 is 12.1 Å². The average Bonchev–Trinajstić information content (AvgIpc) is 2.41. The molecule has 6 heteroatoms. The molecule has 2 N–H and O–H groups in total. The molecule has 2 atom stereocenters. The average molecular weight is 189 g/mol. The second-order valence-electron chi connectivity index (χ2n) is 3.07. The molecule has 0 aliphatic heterocycles. The Balaban J connectivity index is 2.48. The number of rotatable bonds is 2. The predicted octanol–water partition coefficient (Wildman–Crippen LogP) is 1.92. The van der Waals surface area contributed by atoms with Crippen LogP contribution in [0.15, 0.2) is 0 Å². The molecule has 0 spiro atoms. The third kappa shape index (κ3) is 1.85.